The van der Waals surface area contributed by atoms with E-state index in [9.17, 15) is 4.79 Å². The number of carbonyl (C=O) groups excluding carboxylic acids is 1. The molecule has 0 radical (unpaired) electrons. The first-order valence-electron chi connectivity index (χ1n) is 9.61. The van der Waals surface area contributed by atoms with Gasteiger partial charge in [0.25, 0.3) is 0 Å². The molecule has 0 spiro atoms. The highest BCUT2D eigenvalue weighted by atomic mass is 16.5. The molecule has 2 aliphatic heterocycles. The lowest BCUT2D eigenvalue weighted by molar-refractivity contribution is -0.130. The number of aromatic nitrogens is 1. The van der Waals surface area contributed by atoms with Gasteiger partial charge in [0.05, 0.1) is 23.2 Å². The second-order valence-electron chi connectivity index (χ2n) is 7.79. The van der Waals surface area contributed by atoms with E-state index in [-0.39, 0.29) is 24.0 Å². The number of nitrogens with one attached hydrogen (secondary N) is 1. The van der Waals surface area contributed by atoms with Crippen LogP contribution in [0, 0.1) is 5.92 Å². The number of para-hydroxylation sites is 1. The Morgan fingerprint density at radius 2 is 2.15 bits per heavy atom. The van der Waals surface area contributed by atoms with Crippen molar-refractivity contribution in [2.75, 3.05) is 13.2 Å². The van der Waals surface area contributed by atoms with Crippen LogP contribution in [-0.4, -0.2) is 47.1 Å². The Hall–Kier alpha value is -1.98. The van der Waals surface area contributed by atoms with E-state index < -0.39 is 0 Å². The maximum atomic E-state index is 12.6. The molecule has 2 aliphatic rings. The van der Waals surface area contributed by atoms with E-state index in [0.29, 0.717) is 6.04 Å². The molecule has 1 amide bonds. The summed E-state index contributed by atoms with van der Waals surface area (Å²) in [6.07, 6.45) is 2.02. The minimum absolute atomic E-state index is 0.0165. The zero-order valence-corrected chi connectivity index (χ0v) is 15.5. The average molecular weight is 353 g/mol. The molecule has 26 heavy (non-hydrogen) atoms. The number of piperidine rings is 1. The van der Waals surface area contributed by atoms with Crippen molar-refractivity contribution in [3.63, 3.8) is 0 Å². The van der Waals surface area contributed by atoms with Crippen molar-refractivity contribution >= 4 is 16.8 Å². The highest BCUT2D eigenvalue weighted by molar-refractivity contribution is 5.79. The maximum Gasteiger partial charge on any atom is 0.224 e. The summed E-state index contributed by atoms with van der Waals surface area (Å²) in [5, 5.41) is 4.22. The van der Waals surface area contributed by atoms with Gasteiger partial charge >= 0.3 is 0 Å². The van der Waals surface area contributed by atoms with Gasteiger partial charge in [0.1, 0.15) is 0 Å². The van der Waals surface area contributed by atoms with Crippen molar-refractivity contribution < 1.29 is 9.53 Å². The average Bonchev–Trinajstić information content (AvgIpc) is 3.10. The van der Waals surface area contributed by atoms with Gasteiger partial charge in [-0.2, -0.15) is 0 Å². The molecule has 4 rings (SSSR count). The van der Waals surface area contributed by atoms with Gasteiger partial charge in [0, 0.05) is 37.2 Å². The number of fused-ring (bicyclic) bond motifs is 2. The van der Waals surface area contributed by atoms with Crippen LogP contribution in [0.1, 0.15) is 32.4 Å². The minimum atomic E-state index is -0.0165. The summed E-state index contributed by atoms with van der Waals surface area (Å²) in [4.78, 5) is 19.8. The van der Waals surface area contributed by atoms with Crippen molar-refractivity contribution in [2.24, 2.45) is 5.92 Å². The second kappa shape index (κ2) is 7.33. The van der Waals surface area contributed by atoms with Crippen LogP contribution in [0.4, 0.5) is 0 Å². The molecule has 5 heteroatoms. The number of benzene rings is 1. The Morgan fingerprint density at radius 3 is 3.00 bits per heavy atom. The number of amides is 1. The van der Waals surface area contributed by atoms with Crippen LogP contribution in [-0.2, 0) is 16.1 Å². The molecule has 0 unspecified atom stereocenters. The van der Waals surface area contributed by atoms with Gasteiger partial charge in [-0.05, 0) is 38.8 Å². The monoisotopic (exact) mass is 353 g/mol. The van der Waals surface area contributed by atoms with E-state index in [1.54, 1.807) is 0 Å². The number of carbonyl (C=O) groups is 1. The fourth-order valence-electron chi connectivity index (χ4n) is 4.23. The van der Waals surface area contributed by atoms with Gasteiger partial charge in [-0.1, -0.05) is 24.3 Å². The number of ether oxygens (including phenoxy) is 1. The summed E-state index contributed by atoms with van der Waals surface area (Å²) < 4.78 is 5.94. The highest BCUT2D eigenvalue weighted by Crippen LogP contribution is 2.32. The first kappa shape index (κ1) is 17.4. The first-order valence-corrected chi connectivity index (χ1v) is 9.61. The Balaban J connectivity index is 1.53. The third-order valence-corrected chi connectivity index (χ3v) is 5.44. The Morgan fingerprint density at radius 1 is 1.31 bits per heavy atom. The van der Waals surface area contributed by atoms with Crippen LogP contribution in [0.25, 0.3) is 10.9 Å². The maximum absolute atomic E-state index is 12.6. The number of likely N-dealkylation sites (tertiary alicyclic amines) is 1. The minimum Gasteiger partial charge on any atom is -0.377 e. The van der Waals surface area contributed by atoms with Gasteiger partial charge in [-0.15, -0.1) is 0 Å². The number of hydrogen-bond donors (Lipinski definition) is 1. The Bertz CT molecular complexity index is 792. The van der Waals surface area contributed by atoms with Crippen LogP contribution >= 0.6 is 0 Å². The zero-order valence-electron chi connectivity index (χ0n) is 15.5. The van der Waals surface area contributed by atoms with E-state index in [4.69, 9.17) is 9.72 Å². The highest BCUT2D eigenvalue weighted by Gasteiger charge is 2.42. The molecule has 1 aromatic heterocycles. The molecule has 0 bridgehead atoms. The second-order valence-corrected chi connectivity index (χ2v) is 7.79. The lowest BCUT2D eigenvalue weighted by Crippen LogP contribution is -2.53. The molecule has 1 aromatic carbocycles. The van der Waals surface area contributed by atoms with E-state index in [0.717, 1.165) is 49.1 Å². The molecule has 0 aliphatic carbocycles. The molecule has 2 fully saturated rings. The van der Waals surface area contributed by atoms with Crippen molar-refractivity contribution in [1.29, 1.82) is 0 Å². The third-order valence-electron chi connectivity index (χ3n) is 5.44. The van der Waals surface area contributed by atoms with Crippen molar-refractivity contribution in [1.82, 2.24) is 15.2 Å². The van der Waals surface area contributed by atoms with Crippen LogP contribution in [0.2, 0.25) is 0 Å². The van der Waals surface area contributed by atoms with Crippen LogP contribution < -0.4 is 5.32 Å². The van der Waals surface area contributed by atoms with Gasteiger partial charge in [-0.3, -0.25) is 14.7 Å². The van der Waals surface area contributed by atoms with Crippen LogP contribution in [0.15, 0.2) is 36.4 Å². The molecule has 3 atom stereocenters. The number of nitrogens with zero attached hydrogens (tertiary/aromatic N) is 2. The summed E-state index contributed by atoms with van der Waals surface area (Å²) in [6, 6.07) is 13.0. The summed E-state index contributed by atoms with van der Waals surface area (Å²) in [7, 11) is 0. The molecule has 5 nitrogen and oxygen atoms in total. The SMILES string of the molecule is CC(C)NC(=O)[C@H]1C[C@H]2OCC[C@H]2N(Cc2ccc3ccccc3n2)C1. The van der Waals surface area contributed by atoms with E-state index in [2.05, 4.69) is 34.5 Å². The van der Waals surface area contributed by atoms with Gasteiger partial charge in [0.2, 0.25) is 5.91 Å². The van der Waals surface area contributed by atoms with Gasteiger partial charge in [0.15, 0.2) is 0 Å². The zero-order chi connectivity index (χ0) is 18.1. The molecule has 138 valence electrons. The standard InChI is InChI=1S/C21H27N3O2/c1-14(2)22-21(25)16-11-20-19(9-10-26-20)24(12-16)13-17-8-7-15-5-3-4-6-18(15)23-17/h3-8,14,16,19-20H,9-13H2,1-2H3,(H,22,25)/t16-,19+,20+/m0/s1. The predicted molar refractivity (Wildman–Crippen MR) is 102 cm³/mol. The number of rotatable bonds is 4. The lowest BCUT2D eigenvalue weighted by Gasteiger charge is -2.40. The summed E-state index contributed by atoms with van der Waals surface area (Å²) in [5.74, 6) is 0.127. The summed E-state index contributed by atoms with van der Waals surface area (Å²) in [5.41, 5.74) is 2.08. The molecule has 2 aromatic rings. The molecular weight excluding hydrogens is 326 g/mol. The van der Waals surface area contributed by atoms with E-state index in [1.807, 2.05) is 26.0 Å². The summed E-state index contributed by atoms with van der Waals surface area (Å²) >= 11 is 0. The molecular formula is C21H27N3O2. The van der Waals surface area contributed by atoms with E-state index >= 15 is 0 Å². The van der Waals surface area contributed by atoms with Crippen LogP contribution in [0.3, 0.4) is 0 Å². The fourth-order valence-corrected chi connectivity index (χ4v) is 4.23. The van der Waals surface area contributed by atoms with Crippen LogP contribution in [0.5, 0.6) is 0 Å². The lowest BCUT2D eigenvalue weighted by atomic mass is 9.89. The fraction of sp³-hybridized carbons (Fsp3) is 0.524. The Kier molecular flexibility index (Phi) is 4.92. The molecule has 3 heterocycles. The van der Waals surface area contributed by atoms with Crippen molar-refractivity contribution in [3.8, 4) is 0 Å². The molecule has 0 saturated carbocycles. The smallest absolute Gasteiger partial charge is 0.224 e. The number of hydrogen-bond acceptors (Lipinski definition) is 4. The molecule has 2 saturated heterocycles. The van der Waals surface area contributed by atoms with Crippen molar-refractivity contribution in [3.05, 3.63) is 42.1 Å². The van der Waals surface area contributed by atoms with Crippen molar-refractivity contribution in [2.45, 2.75) is 51.4 Å². The topological polar surface area (TPSA) is 54.5 Å². The predicted octanol–water partition coefficient (Wildman–Crippen LogP) is 2.74. The largest absolute Gasteiger partial charge is 0.377 e. The normalized spacial score (nSPS) is 26.2. The Labute approximate surface area is 154 Å². The quantitative estimate of drug-likeness (QED) is 0.918. The van der Waals surface area contributed by atoms with Gasteiger partial charge in [-0.25, -0.2) is 0 Å². The van der Waals surface area contributed by atoms with E-state index in [1.165, 1.54) is 0 Å². The molecule has 1 N–H and O–H groups in total. The summed E-state index contributed by atoms with van der Waals surface area (Å²) in [6.45, 7) is 6.34. The third kappa shape index (κ3) is 3.60. The first-order chi connectivity index (χ1) is 12.6. The van der Waals surface area contributed by atoms with Gasteiger partial charge < -0.3 is 10.1 Å². The number of pyridine rings is 1.